The van der Waals surface area contributed by atoms with Crippen molar-refractivity contribution >= 4 is 12.2 Å². The summed E-state index contributed by atoms with van der Waals surface area (Å²) < 4.78 is 2.93. The number of nitrogens with zero attached hydrogens (tertiary/aromatic N) is 1. The maximum absolute atomic E-state index is 5.09. The average molecular weight is 170 g/mol. The minimum Gasteiger partial charge on any atom is -0.335 e. The van der Waals surface area contributed by atoms with Gasteiger partial charge in [0.1, 0.15) is 0 Å². The van der Waals surface area contributed by atoms with Crippen molar-refractivity contribution in [3.05, 3.63) is 16.7 Å². The minimum atomic E-state index is 0.843. The zero-order valence-corrected chi connectivity index (χ0v) is 7.87. The van der Waals surface area contributed by atoms with Crippen LogP contribution in [0.1, 0.15) is 25.5 Å². The summed E-state index contributed by atoms with van der Waals surface area (Å²) in [6.07, 6.45) is 4.48. The van der Waals surface area contributed by atoms with Crippen LogP contribution < -0.4 is 0 Å². The number of hydrogen-bond acceptors (Lipinski definition) is 1. The highest BCUT2D eigenvalue weighted by molar-refractivity contribution is 7.71. The third kappa shape index (κ3) is 2.19. The summed E-state index contributed by atoms with van der Waals surface area (Å²) >= 11 is 5.09. The van der Waals surface area contributed by atoms with E-state index in [1.54, 1.807) is 0 Å². The van der Waals surface area contributed by atoms with Crippen molar-refractivity contribution in [2.24, 2.45) is 0 Å². The van der Waals surface area contributed by atoms with E-state index in [0.29, 0.717) is 0 Å². The quantitative estimate of drug-likeness (QED) is 0.692. The molecule has 0 amide bonds. The van der Waals surface area contributed by atoms with Gasteiger partial charge in [-0.2, -0.15) is 0 Å². The number of rotatable bonds is 3. The Morgan fingerprint density at radius 3 is 2.82 bits per heavy atom. The maximum Gasteiger partial charge on any atom is 0.177 e. The first-order valence-corrected chi connectivity index (χ1v) is 4.41. The highest BCUT2D eigenvalue weighted by Gasteiger charge is 1.93. The van der Waals surface area contributed by atoms with Gasteiger partial charge in [-0.15, -0.1) is 0 Å². The van der Waals surface area contributed by atoms with E-state index in [9.17, 15) is 0 Å². The van der Waals surface area contributed by atoms with Crippen LogP contribution in [-0.4, -0.2) is 9.55 Å². The molecular formula is C8H14N2S. The molecule has 11 heavy (non-hydrogen) atoms. The lowest BCUT2D eigenvalue weighted by molar-refractivity contribution is 0.625. The van der Waals surface area contributed by atoms with Crippen LogP contribution in [0.2, 0.25) is 0 Å². The van der Waals surface area contributed by atoms with Gasteiger partial charge in [-0.1, -0.05) is 13.3 Å². The van der Waals surface area contributed by atoms with E-state index in [4.69, 9.17) is 12.2 Å². The second kappa shape index (κ2) is 3.72. The molecule has 1 aromatic rings. The highest BCUT2D eigenvalue weighted by atomic mass is 32.1. The fourth-order valence-electron chi connectivity index (χ4n) is 1.06. The van der Waals surface area contributed by atoms with Gasteiger partial charge in [-0.05, 0) is 25.6 Å². The molecule has 1 aromatic heterocycles. The van der Waals surface area contributed by atoms with Gasteiger partial charge in [0, 0.05) is 18.4 Å². The molecule has 1 heterocycles. The number of hydrogen-bond donors (Lipinski definition) is 1. The Kier molecular flexibility index (Phi) is 2.88. The summed E-state index contributed by atoms with van der Waals surface area (Å²) in [5, 5.41) is 0. The summed E-state index contributed by atoms with van der Waals surface area (Å²) in [7, 11) is 0. The number of H-pyrrole nitrogens is 1. The number of unbranched alkanes of at least 4 members (excludes halogenated alkanes) is 1. The summed E-state index contributed by atoms with van der Waals surface area (Å²) in [4.78, 5) is 3.09. The van der Waals surface area contributed by atoms with Crippen molar-refractivity contribution in [1.29, 1.82) is 0 Å². The molecule has 2 nitrogen and oxygen atoms in total. The average Bonchev–Trinajstić information content (AvgIpc) is 2.26. The molecule has 0 saturated carbocycles. The predicted molar refractivity (Wildman–Crippen MR) is 49.3 cm³/mol. The van der Waals surface area contributed by atoms with E-state index >= 15 is 0 Å². The first-order chi connectivity index (χ1) is 5.24. The molecular weight excluding hydrogens is 156 g/mol. The van der Waals surface area contributed by atoms with Crippen LogP contribution in [-0.2, 0) is 6.54 Å². The SMILES string of the molecule is CCCCn1cc(C)[nH]c1=S. The lowest BCUT2D eigenvalue weighted by Gasteiger charge is -1.97. The standard InChI is InChI=1S/C8H14N2S/c1-3-4-5-10-6-7(2)9-8(10)11/h6H,3-5H2,1-2H3,(H,9,11). The molecule has 0 aliphatic rings. The molecule has 1 N–H and O–H groups in total. The molecule has 0 unspecified atom stereocenters. The van der Waals surface area contributed by atoms with Crippen LogP contribution in [0.15, 0.2) is 6.20 Å². The van der Waals surface area contributed by atoms with E-state index in [-0.39, 0.29) is 0 Å². The van der Waals surface area contributed by atoms with Crippen LogP contribution in [0.25, 0.3) is 0 Å². The Morgan fingerprint density at radius 1 is 1.64 bits per heavy atom. The summed E-state index contributed by atoms with van der Waals surface area (Å²) in [5.41, 5.74) is 1.14. The van der Waals surface area contributed by atoms with E-state index in [2.05, 4.69) is 22.7 Å². The van der Waals surface area contributed by atoms with Crippen molar-refractivity contribution in [3.63, 3.8) is 0 Å². The van der Waals surface area contributed by atoms with Crippen LogP contribution in [0.4, 0.5) is 0 Å². The highest BCUT2D eigenvalue weighted by Crippen LogP contribution is 1.99. The van der Waals surface area contributed by atoms with Crippen LogP contribution in [0.3, 0.4) is 0 Å². The molecule has 0 aromatic carbocycles. The van der Waals surface area contributed by atoms with Gasteiger partial charge in [-0.25, -0.2) is 0 Å². The number of aromatic nitrogens is 2. The van der Waals surface area contributed by atoms with Gasteiger partial charge in [0.2, 0.25) is 0 Å². The van der Waals surface area contributed by atoms with E-state index in [1.807, 2.05) is 6.92 Å². The largest absolute Gasteiger partial charge is 0.335 e. The maximum atomic E-state index is 5.09. The molecule has 0 saturated heterocycles. The molecule has 0 bridgehead atoms. The molecule has 0 atom stereocenters. The van der Waals surface area contributed by atoms with E-state index in [1.165, 1.54) is 12.8 Å². The molecule has 0 aliphatic carbocycles. The minimum absolute atomic E-state index is 0.843. The predicted octanol–water partition coefficient (Wildman–Crippen LogP) is 2.65. The molecule has 3 heteroatoms. The van der Waals surface area contributed by atoms with Gasteiger partial charge < -0.3 is 9.55 Å². The summed E-state index contributed by atoms with van der Waals surface area (Å²) in [5.74, 6) is 0. The van der Waals surface area contributed by atoms with E-state index < -0.39 is 0 Å². The number of aromatic amines is 1. The number of imidazole rings is 1. The van der Waals surface area contributed by atoms with Gasteiger partial charge in [0.15, 0.2) is 4.77 Å². The number of nitrogens with one attached hydrogen (secondary N) is 1. The first kappa shape index (κ1) is 8.53. The van der Waals surface area contributed by atoms with Crippen LogP contribution in [0.5, 0.6) is 0 Å². The Hall–Kier alpha value is -0.570. The smallest absolute Gasteiger partial charge is 0.177 e. The summed E-state index contributed by atoms with van der Waals surface area (Å²) in [6.45, 7) is 5.25. The third-order valence-electron chi connectivity index (χ3n) is 1.67. The fraction of sp³-hybridized carbons (Fsp3) is 0.625. The lowest BCUT2D eigenvalue weighted by atomic mass is 10.3. The first-order valence-electron chi connectivity index (χ1n) is 4.00. The Balaban J connectivity index is 2.70. The Labute approximate surface area is 72.3 Å². The lowest BCUT2D eigenvalue weighted by Crippen LogP contribution is -1.94. The third-order valence-corrected chi connectivity index (χ3v) is 2.00. The molecule has 62 valence electrons. The zero-order valence-electron chi connectivity index (χ0n) is 7.05. The molecule has 0 aliphatic heterocycles. The second-order valence-corrected chi connectivity index (χ2v) is 3.18. The molecule has 0 spiro atoms. The summed E-state index contributed by atoms with van der Waals surface area (Å²) in [6, 6.07) is 0. The van der Waals surface area contributed by atoms with Gasteiger partial charge in [0.25, 0.3) is 0 Å². The van der Waals surface area contributed by atoms with Crippen LogP contribution in [0, 0.1) is 11.7 Å². The topological polar surface area (TPSA) is 20.7 Å². The molecule has 0 radical (unpaired) electrons. The van der Waals surface area contributed by atoms with Crippen molar-refractivity contribution in [2.45, 2.75) is 33.2 Å². The van der Waals surface area contributed by atoms with Gasteiger partial charge >= 0.3 is 0 Å². The van der Waals surface area contributed by atoms with Crippen LogP contribution >= 0.6 is 12.2 Å². The van der Waals surface area contributed by atoms with Gasteiger partial charge in [0.05, 0.1) is 0 Å². The second-order valence-electron chi connectivity index (χ2n) is 2.79. The Bertz CT molecular complexity index is 272. The van der Waals surface area contributed by atoms with Crippen molar-refractivity contribution in [1.82, 2.24) is 9.55 Å². The normalized spacial score (nSPS) is 10.4. The fourth-order valence-corrected chi connectivity index (χ4v) is 1.36. The van der Waals surface area contributed by atoms with Crippen molar-refractivity contribution in [3.8, 4) is 0 Å². The zero-order chi connectivity index (χ0) is 8.27. The monoisotopic (exact) mass is 170 g/mol. The van der Waals surface area contributed by atoms with Gasteiger partial charge in [-0.3, -0.25) is 0 Å². The van der Waals surface area contributed by atoms with E-state index in [0.717, 1.165) is 17.0 Å². The van der Waals surface area contributed by atoms with Crippen molar-refractivity contribution in [2.75, 3.05) is 0 Å². The molecule has 0 fully saturated rings. The molecule has 1 rings (SSSR count). The Morgan fingerprint density at radius 2 is 2.36 bits per heavy atom. The number of aryl methyl sites for hydroxylation is 2. The van der Waals surface area contributed by atoms with Crippen molar-refractivity contribution < 1.29 is 0 Å².